The van der Waals surface area contributed by atoms with Gasteiger partial charge in [0.1, 0.15) is 11.6 Å². The monoisotopic (exact) mass is 362 g/mol. The zero-order chi connectivity index (χ0) is 19.0. The average Bonchev–Trinajstić information content (AvgIpc) is 2.78. The third-order valence-corrected chi connectivity index (χ3v) is 4.34. The van der Waals surface area contributed by atoms with Gasteiger partial charge in [-0.15, -0.1) is 0 Å². The summed E-state index contributed by atoms with van der Waals surface area (Å²) in [5.74, 6) is -0.515. The number of nitrogens with one attached hydrogen (secondary N) is 1. The summed E-state index contributed by atoms with van der Waals surface area (Å²) in [4.78, 5) is 26.6. The van der Waals surface area contributed by atoms with Crippen LogP contribution in [0.25, 0.3) is 0 Å². The van der Waals surface area contributed by atoms with Gasteiger partial charge < -0.3 is 15.0 Å². The summed E-state index contributed by atoms with van der Waals surface area (Å²) in [5.41, 5.74) is 1.26. The van der Waals surface area contributed by atoms with Gasteiger partial charge in [-0.2, -0.15) is 0 Å². The van der Waals surface area contributed by atoms with Crippen LogP contribution < -0.4 is 15.0 Å². The Morgan fingerprint density at radius 1 is 1.00 bits per heavy atom. The number of rotatable bonds is 2. The van der Waals surface area contributed by atoms with Crippen LogP contribution >= 0.6 is 0 Å². The predicted octanol–water partition coefficient (Wildman–Crippen LogP) is 4.46. The van der Waals surface area contributed by atoms with E-state index in [0.717, 1.165) is 0 Å². The van der Waals surface area contributed by atoms with Crippen LogP contribution in [-0.4, -0.2) is 18.9 Å². The van der Waals surface area contributed by atoms with Crippen molar-refractivity contribution in [3.05, 3.63) is 83.7 Å². The van der Waals surface area contributed by atoms with Crippen molar-refractivity contribution < 1.29 is 18.7 Å². The molecule has 0 bridgehead atoms. The Kier molecular flexibility index (Phi) is 4.08. The summed E-state index contributed by atoms with van der Waals surface area (Å²) >= 11 is 0. The number of ether oxygens (including phenoxy) is 1. The van der Waals surface area contributed by atoms with Crippen molar-refractivity contribution in [1.82, 2.24) is 0 Å². The quantitative estimate of drug-likeness (QED) is 0.732. The number of hydrogen-bond donors (Lipinski definition) is 1. The lowest BCUT2D eigenvalue weighted by atomic mass is 10.1. The number of anilines is 2. The molecular formula is C21H15FN2O3. The SMILES string of the molecule is CN1C(=O)c2cc(NC(=O)c3ccccc3F)ccc2Oc2ccccc21. The van der Waals surface area contributed by atoms with E-state index in [1.165, 1.54) is 29.2 Å². The summed E-state index contributed by atoms with van der Waals surface area (Å²) < 4.78 is 19.7. The maximum absolute atomic E-state index is 13.8. The van der Waals surface area contributed by atoms with Crippen LogP contribution in [0, 0.1) is 5.82 Å². The molecule has 1 aliphatic heterocycles. The van der Waals surface area contributed by atoms with Gasteiger partial charge in [0, 0.05) is 12.7 Å². The molecule has 1 N–H and O–H groups in total. The van der Waals surface area contributed by atoms with E-state index >= 15 is 0 Å². The summed E-state index contributed by atoms with van der Waals surface area (Å²) in [7, 11) is 1.66. The molecule has 5 nitrogen and oxygen atoms in total. The van der Waals surface area contributed by atoms with Crippen LogP contribution in [0.1, 0.15) is 20.7 Å². The molecule has 4 rings (SSSR count). The number of halogens is 1. The van der Waals surface area contributed by atoms with Crippen molar-refractivity contribution in [2.24, 2.45) is 0 Å². The number of para-hydroxylation sites is 2. The van der Waals surface area contributed by atoms with E-state index in [9.17, 15) is 14.0 Å². The third kappa shape index (κ3) is 3.01. The standard InChI is InChI=1S/C21H15FN2O3/c1-24-17-8-4-5-9-19(17)27-18-11-10-13(12-15(18)21(24)26)23-20(25)14-6-2-3-7-16(14)22/h2-12H,1H3,(H,23,25). The number of nitrogens with zero attached hydrogens (tertiary/aromatic N) is 1. The minimum atomic E-state index is -0.612. The fourth-order valence-electron chi connectivity index (χ4n) is 2.94. The van der Waals surface area contributed by atoms with Crippen LogP contribution in [0.3, 0.4) is 0 Å². The topological polar surface area (TPSA) is 58.6 Å². The molecule has 0 fully saturated rings. The van der Waals surface area contributed by atoms with Gasteiger partial charge in [-0.3, -0.25) is 9.59 Å². The molecule has 0 saturated heterocycles. The molecule has 3 aromatic carbocycles. The van der Waals surface area contributed by atoms with Gasteiger partial charge in [-0.05, 0) is 42.5 Å². The molecule has 3 aromatic rings. The minimum Gasteiger partial charge on any atom is -0.454 e. The third-order valence-electron chi connectivity index (χ3n) is 4.34. The lowest BCUT2D eigenvalue weighted by Crippen LogP contribution is -2.25. The molecule has 0 aliphatic carbocycles. The highest BCUT2D eigenvalue weighted by molar-refractivity contribution is 6.11. The summed E-state index contributed by atoms with van der Waals surface area (Å²) in [6.45, 7) is 0. The Morgan fingerprint density at radius 3 is 2.56 bits per heavy atom. The Hall–Kier alpha value is -3.67. The largest absolute Gasteiger partial charge is 0.454 e. The molecule has 0 atom stereocenters. The molecule has 134 valence electrons. The van der Waals surface area contributed by atoms with Crippen molar-refractivity contribution >= 4 is 23.2 Å². The smallest absolute Gasteiger partial charge is 0.261 e. The van der Waals surface area contributed by atoms with E-state index in [-0.39, 0.29) is 11.5 Å². The molecule has 0 spiro atoms. The van der Waals surface area contributed by atoms with Crippen LogP contribution in [0.2, 0.25) is 0 Å². The van der Waals surface area contributed by atoms with Gasteiger partial charge >= 0.3 is 0 Å². The summed E-state index contributed by atoms with van der Waals surface area (Å²) in [6, 6.07) is 17.7. The Labute approximate surface area is 155 Å². The number of carbonyl (C=O) groups excluding carboxylic acids is 2. The van der Waals surface area contributed by atoms with E-state index in [0.29, 0.717) is 28.4 Å². The fourth-order valence-corrected chi connectivity index (χ4v) is 2.94. The second-order valence-corrected chi connectivity index (χ2v) is 6.08. The maximum atomic E-state index is 13.8. The van der Waals surface area contributed by atoms with E-state index in [4.69, 9.17) is 4.74 Å². The van der Waals surface area contributed by atoms with Crippen LogP contribution in [0.15, 0.2) is 66.7 Å². The lowest BCUT2D eigenvalue weighted by molar-refractivity contribution is 0.0989. The number of benzene rings is 3. The number of carbonyl (C=O) groups is 2. The van der Waals surface area contributed by atoms with Crippen LogP contribution in [-0.2, 0) is 0 Å². The molecule has 6 heteroatoms. The molecular weight excluding hydrogens is 347 g/mol. The predicted molar refractivity (Wildman–Crippen MR) is 100 cm³/mol. The van der Waals surface area contributed by atoms with Crippen molar-refractivity contribution in [3.8, 4) is 11.5 Å². The zero-order valence-corrected chi connectivity index (χ0v) is 14.4. The zero-order valence-electron chi connectivity index (χ0n) is 14.4. The number of amides is 2. The van der Waals surface area contributed by atoms with Gasteiger partial charge in [0.2, 0.25) is 0 Å². The van der Waals surface area contributed by atoms with Crippen molar-refractivity contribution in [3.63, 3.8) is 0 Å². The second-order valence-electron chi connectivity index (χ2n) is 6.08. The highest BCUT2D eigenvalue weighted by Crippen LogP contribution is 2.38. The maximum Gasteiger partial charge on any atom is 0.261 e. The Morgan fingerprint density at radius 2 is 1.74 bits per heavy atom. The summed E-state index contributed by atoms with van der Waals surface area (Å²) in [5, 5.41) is 2.62. The fraction of sp³-hybridized carbons (Fsp3) is 0.0476. The van der Waals surface area contributed by atoms with Crippen LogP contribution in [0.5, 0.6) is 11.5 Å². The molecule has 2 amide bonds. The van der Waals surface area contributed by atoms with Gasteiger partial charge in [0.05, 0.1) is 16.8 Å². The first-order valence-corrected chi connectivity index (χ1v) is 8.29. The van der Waals surface area contributed by atoms with Crippen molar-refractivity contribution in [2.75, 3.05) is 17.3 Å². The molecule has 0 unspecified atom stereocenters. The van der Waals surface area contributed by atoms with Crippen molar-refractivity contribution in [2.45, 2.75) is 0 Å². The van der Waals surface area contributed by atoms with E-state index < -0.39 is 11.7 Å². The van der Waals surface area contributed by atoms with Gasteiger partial charge in [-0.1, -0.05) is 24.3 Å². The van der Waals surface area contributed by atoms with Gasteiger partial charge in [0.25, 0.3) is 11.8 Å². The van der Waals surface area contributed by atoms with Crippen LogP contribution in [0.4, 0.5) is 15.8 Å². The Bertz CT molecular complexity index is 1060. The Balaban J connectivity index is 1.67. The molecule has 27 heavy (non-hydrogen) atoms. The van der Waals surface area contributed by atoms with Gasteiger partial charge in [-0.25, -0.2) is 4.39 Å². The first-order valence-electron chi connectivity index (χ1n) is 8.29. The molecule has 0 saturated carbocycles. The van der Waals surface area contributed by atoms with E-state index in [1.807, 2.05) is 12.1 Å². The first kappa shape index (κ1) is 16.8. The lowest BCUT2D eigenvalue weighted by Gasteiger charge is -2.16. The normalized spacial score (nSPS) is 12.5. The minimum absolute atomic E-state index is 0.0699. The average molecular weight is 362 g/mol. The number of fused-ring (bicyclic) bond motifs is 2. The highest BCUT2D eigenvalue weighted by atomic mass is 19.1. The highest BCUT2D eigenvalue weighted by Gasteiger charge is 2.26. The van der Waals surface area contributed by atoms with Crippen molar-refractivity contribution in [1.29, 1.82) is 0 Å². The summed E-state index contributed by atoms with van der Waals surface area (Å²) in [6.07, 6.45) is 0. The van der Waals surface area contributed by atoms with E-state index in [1.54, 1.807) is 37.4 Å². The molecule has 0 aromatic heterocycles. The first-order chi connectivity index (χ1) is 13.0. The molecule has 1 heterocycles. The number of hydrogen-bond acceptors (Lipinski definition) is 3. The van der Waals surface area contributed by atoms with E-state index in [2.05, 4.69) is 5.32 Å². The second kappa shape index (κ2) is 6.57. The van der Waals surface area contributed by atoms with Gasteiger partial charge in [0.15, 0.2) is 5.75 Å². The molecule has 0 radical (unpaired) electrons. The molecule has 1 aliphatic rings.